The number of hydrogen-bond donors (Lipinski definition) is 1. The number of H-pyrrole nitrogens is 1. The van der Waals surface area contributed by atoms with Crippen molar-refractivity contribution in [1.29, 1.82) is 0 Å². The molecule has 0 spiro atoms. The lowest BCUT2D eigenvalue weighted by Gasteiger charge is -2.25. The fraction of sp³-hybridized carbons (Fsp3) is 0.500. The van der Waals surface area contributed by atoms with Gasteiger partial charge in [0.2, 0.25) is 5.56 Å². The Kier molecular flexibility index (Phi) is 7.36. The van der Waals surface area contributed by atoms with Gasteiger partial charge in [-0.05, 0) is 60.2 Å². The summed E-state index contributed by atoms with van der Waals surface area (Å²) in [5, 5.41) is 0.794. The molecule has 0 bridgehead atoms. The largest absolute Gasteiger partial charge is 0.339 e. The standard InChI is InChI=1S/C20H30N4O2/c1-22(2)11-7-13-24(14-8-12-23(3)4)20(26)17-15-19(25)21-18-10-6-5-9-16(17)18/h5-6,9-10,15H,7-8,11-14H2,1-4H3,(H,21,25). The smallest absolute Gasteiger partial charge is 0.254 e. The first-order valence-electron chi connectivity index (χ1n) is 9.09. The van der Waals surface area contributed by atoms with Gasteiger partial charge < -0.3 is 19.7 Å². The summed E-state index contributed by atoms with van der Waals surface area (Å²) in [6, 6.07) is 8.89. The van der Waals surface area contributed by atoms with E-state index in [1.54, 1.807) is 0 Å². The van der Waals surface area contributed by atoms with Crippen LogP contribution in [0.3, 0.4) is 0 Å². The normalized spacial score (nSPS) is 11.5. The molecule has 0 radical (unpaired) electrons. The second kappa shape index (κ2) is 9.50. The number of aromatic nitrogens is 1. The maximum absolute atomic E-state index is 13.2. The van der Waals surface area contributed by atoms with E-state index in [1.807, 2.05) is 57.4 Å². The Balaban J connectivity index is 2.25. The number of para-hydroxylation sites is 1. The van der Waals surface area contributed by atoms with Gasteiger partial charge in [-0.15, -0.1) is 0 Å². The fourth-order valence-electron chi connectivity index (χ4n) is 3.02. The van der Waals surface area contributed by atoms with E-state index in [2.05, 4.69) is 14.8 Å². The molecular formula is C20H30N4O2. The molecule has 1 aromatic carbocycles. The number of hydrogen-bond acceptors (Lipinski definition) is 4. The molecule has 0 unspecified atom stereocenters. The Bertz CT molecular complexity index is 769. The average Bonchev–Trinajstić information content (AvgIpc) is 2.58. The number of nitrogens with zero attached hydrogens (tertiary/aromatic N) is 3. The van der Waals surface area contributed by atoms with Crippen molar-refractivity contribution in [2.45, 2.75) is 12.8 Å². The van der Waals surface area contributed by atoms with Gasteiger partial charge in [-0.2, -0.15) is 0 Å². The molecule has 0 aliphatic heterocycles. The number of rotatable bonds is 9. The zero-order valence-electron chi connectivity index (χ0n) is 16.3. The highest BCUT2D eigenvalue weighted by Crippen LogP contribution is 2.17. The molecular weight excluding hydrogens is 328 g/mol. The first-order valence-corrected chi connectivity index (χ1v) is 9.09. The molecule has 2 rings (SSSR count). The van der Waals surface area contributed by atoms with E-state index in [9.17, 15) is 9.59 Å². The lowest BCUT2D eigenvalue weighted by Crippen LogP contribution is -2.36. The molecule has 1 N–H and O–H groups in total. The van der Waals surface area contributed by atoms with Crippen molar-refractivity contribution in [3.63, 3.8) is 0 Å². The Morgan fingerprint density at radius 1 is 0.923 bits per heavy atom. The van der Waals surface area contributed by atoms with Crippen molar-refractivity contribution in [1.82, 2.24) is 19.7 Å². The van der Waals surface area contributed by atoms with Gasteiger partial charge in [0.15, 0.2) is 0 Å². The Morgan fingerprint density at radius 3 is 2.08 bits per heavy atom. The zero-order valence-corrected chi connectivity index (χ0v) is 16.3. The SMILES string of the molecule is CN(C)CCCN(CCCN(C)C)C(=O)c1cc(=O)[nH]c2ccccc12. The van der Waals surface area contributed by atoms with E-state index < -0.39 is 0 Å². The molecule has 6 nitrogen and oxygen atoms in total. The summed E-state index contributed by atoms with van der Waals surface area (Å²) in [5.74, 6) is -0.0650. The van der Waals surface area contributed by atoms with Gasteiger partial charge in [-0.1, -0.05) is 18.2 Å². The molecule has 26 heavy (non-hydrogen) atoms. The number of benzene rings is 1. The van der Waals surface area contributed by atoms with E-state index in [4.69, 9.17) is 0 Å². The molecule has 2 aromatic rings. The van der Waals surface area contributed by atoms with Crippen LogP contribution in [0.25, 0.3) is 10.9 Å². The van der Waals surface area contributed by atoms with E-state index in [0.717, 1.165) is 31.3 Å². The van der Waals surface area contributed by atoms with Crippen LogP contribution in [0.15, 0.2) is 35.1 Å². The van der Waals surface area contributed by atoms with E-state index in [0.29, 0.717) is 24.2 Å². The monoisotopic (exact) mass is 358 g/mol. The van der Waals surface area contributed by atoms with Gasteiger partial charge >= 0.3 is 0 Å². The lowest BCUT2D eigenvalue weighted by molar-refractivity contribution is 0.0746. The Morgan fingerprint density at radius 2 is 1.50 bits per heavy atom. The van der Waals surface area contributed by atoms with Crippen LogP contribution in [-0.2, 0) is 0 Å². The topological polar surface area (TPSA) is 59.6 Å². The number of nitrogens with one attached hydrogen (secondary N) is 1. The maximum Gasteiger partial charge on any atom is 0.254 e. The molecule has 0 saturated heterocycles. The minimum absolute atomic E-state index is 0.0650. The first kappa shape index (κ1) is 20.1. The summed E-state index contributed by atoms with van der Waals surface area (Å²) in [7, 11) is 8.12. The highest BCUT2D eigenvalue weighted by atomic mass is 16.2. The second-order valence-electron chi connectivity index (χ2n) is 7.20. The Labute approximate surface area is 155 Å². The highest BCUT2D eigenvalue weighted by molar-refractivity contribution is 6.05. The van der Waals surface area contributed by atoms with Gasteiger partial charge in [0.05, 0.1) is 5.56 Å². The molecule has 1 aromatic heterocycles. The van der Waals surface area contributed by atoms with Crippen molar-refractivity contribution in [2.75, 3.05) is 54.4 Å². The van der Waals surface area contributed by atoms with Gasteiger partial charge in [0.1, 0.15) is 0 Å². The van der Waals surface area contributed by atoms with Crippen molar-refractivity contribution in [2.24, 2.45) is 0 Å². The Hall–Kier alpha value is -2.18. The number of aromatic amines is 1. The predicted octanol–water partition coefficient (Wildman–Crippen LogP) is 1.87. The van der Waals surface area contributed by atoms with Gasteiger partial charge in [0, 0.05) is 30.1 Å². The van der Waals surface area contributed by atoms with Crippen LogP contribution < -0.4 is 5.56 Å². The minimum Gasteiger partial charge on any atom is -0.339 e. The van der Waals surface area contributed by atoms with Crippen molar-refractivity contribution >= 4 is 16.8 Å². The maximum atomic E-state index is 13.2. The number of carbonyl (C=O) groups is 1. The zero-order chi connectivity index (χ0) is 19.1. The third-order valence-corrected chi connectivity index (χ3v) is 4.33. The molecule has 0 aliphatic rings. The van der Waals surface area contributed by atoms with Gasteiger partial charge in [-0.3, -0.25) is 9.59 Å². The molecule has 1 amide bonds. The van der Waals surface area contributed by atoms with Crippen LogP contribution >= 0.6 is 0 Å². The summed E-state index contributed by atoms with van der Waals surface area (Å²) in [6.45, 7) is 3.22. The average molecular weight is 358 g/mol. The van der Waals surface area contributed by atoms with Crippen molar-refractivity contribution < 1.29 is 4.79 Å². The third kappa shape index (κ3) is 5.68. The quantitative estimate of drug-likeness (QED) is 0.743. The van der Waals surface area contributed by atoms with Crippen LogP contribution in [0.1, 0.15) is 23.2 Å². The van der Waals surface area contributed by atoms with Crippen molar-refractivity contribution in [3.8, 4) is 0 Å². The summed E-state index contributed by atoms with van der Waals surface area (Å²) in [5.41, 5.74) is 0.942. The summed E-state index contributed by atoms with van der Waals surface area (Å²) < 4.78 is 0. The van der Waals surface area contributed by atoms with E-state index in [1.165, 1.54) is 6.07 Å². The molecule has 142 valence electrons. The van der Waals surface area contributed by atoms with Crippen molar-refractivity contribution in [3.05, 3.63) is 46.2 Å². The van der Waals surface area contributed by atoms with Crippen LogP contribution in [0, 0.1) is 0 Å². The fourth-order valence-corrected chi connectivity index (χ4v) is 3.02. The molecule has 0 aliphatic carbocycles. The number of carbonyl (C=O) groups excluding carboxylic acids is 1. The molecule has 0 atom stereocenters. The highest BCUT2D eigenvalue weighted by Gasteiger charge is 2.18. The van der Waals surface area contributed by atoms with E-state index >= 15 is 0 Å². The molecule has 6 heteroatoms. The van der Waals surface area contributed by atoms with Crippen LogP contribution in [0.4, 0.5) is 0 Å². The van der Waals surface area contributed by atoms with E-state index in [-0.39, 0.29) is 11.5 Å². The van der Waals surface area contributed by atoms with Gasteiger partial charge in [0.25, 0.3) is 5.91 Å². The second-order valence-corrected chi connectivity index (χ2v) is 7.20. The number of fused-ring (bicyclic) bond motifs is 1. The van der Waals surface area contributed by atoms with Gasteiger partial charge in [-0.25, -0.2) is 0 Å². The lowest BCUT2D eigenvalue weighted by atomic mass is 10.1. The first-order chi connectivity index (χ1) is 12.4. The predicted molar refractivity (Wildman–Crippen MR) is 107 cm³/mol. The van der Waals surface area contributed by atoms with Crippen LogP contribution in [-0.4, -0.2) is 80.0 Å². The number of amides is 1. The third-order valence-electron chi connectivity index (χ3n) is 4.33. The summed E-state index contributed by atoms with van der Waals surface area (Å²) >= 11 is 0. The summed E-state index contributed by atoms with van der Waals surface area (Å²) in [4.78, 5) is 34.1. The summed E-state index contributed by atoms with van der Waals surface area (Å²) in [6.07, 6.45) is 1.81. The number of pyridine rings is 1. The molecule has 0 saturated carbocycles. The minimum atomic E-state index is -0.242. The molecule has 0 fully saturated rings. The van der Waals surface area contributed by atoms with Crippen LogP contribution in [0.5, 0.6) is 0 Å². The molecule has 1 heterocycles. The van der Waals surface area contributed by atoms with Crippen LogP contribution in [0.2, 0.25) is 0 Å².